The van der Waals surface area contributed by atoms with Crippen LogP contribution in [-0.2, 0) is 20.1 Å². The molecule has 0 bridgehead atoms. The molecule has 1 N–H and O–H groups in total. The molecule has 0 amide bonds. The zero-order chi connectivity index (χ0) is 19.9. The SMILES string of the molecule is CN=C(NCc1ccc(OC)cc1OC1CCCC1)N(C)Cc1cnn(C)c1.I. The molecule has 0 aliphatic heterocycles. The first kappa shape index (κ1) is 23.3. The monoisotopic (exact) mass is 513 g/mol. The van der Waals surface area contributed by atoms with E-state index in [0.29, 0.717) is 12.6 Å². The standard InChI is InChI=1S/C21H31N5O2.HI/c1-22-21(25(2)14-16-12-24-26(3)15-16)23-13-17-9-10-19(27-4)11-20(17)28-18-7-5-6-8-18;/h9-12,15,18H,5-8,13-14H2,1-4H3,(H,22,23);1H. The molecule has 8 heteroatoms. The minimum atomic E-state index is 0. The van der Waals surface area contributed by atoms with Crippen LogP contribution < -0.4 is 14.8 Å². The van der Waals surface area contributed by atoms with Gasteiger partial charge in [0.1, 0.15) is 11.5 Å². The third kappa shape index (κ3) is 6.52. The second-order valence-electron chi connectivity index (χ2n) is 7.28. The molecule has 1 aliphatic rings. The Morgan fingerprint density at radius 2 is 2.10 bits per heavy atom. The lowest BCUT2D eigenvalue weighted by atomic mass is 10.1. The van der Waals surface area contributed by atoms with Crippen LogP contribution in [0.5, 0.6) is 11.5 Å². The number of aryl methyl sites for hydroxylation is 1. The number of guanidine groups is 1. The number of hydrogen-bond donors (Lipinski definition) is 1. The average molecular weight is 513 g/mol. The minimum absolute atomic E-state index is 0. The highest BCUT2D eigenvalue weighted by Crippen LogP contribution is 2.30. The molecule has 1 aliphatic carbocycles. The number of ether oxygens (including phenoxy) is 2. The molecule has 0 saturated heterocycles. The van der Waals surface area contributed by atoms with E-state index in [1.165, 1.54) is 12.8 Å². The number of benzene rings is 1. The van der Waals surface area contributed by atoms with Crippen molar-refractivity contribution in [2.75, 3.05) is 21.2 Å². The topological polar surface area (TPSA) is 63.9 Å². The quantitative estimate of drug-likeness (QED) is 0.349. The summed E-state index contributed by atoms with van der Waals surface area (Å²) in [7, 11) is 7.42. The second-order valence-corrected chi connectivity index (χ2v) is 7.28. The lowest BCUT2D eigenvalue weighted by Crippen LogP contribution is -2.38. The third-order valence-electron chi connectivity index (χ3n) is 5.06. The molecule has 1 heterocycles. The van der Waals surface area contributed by atoms with Gasteiger partial charge >= 0.3 is 0 Å². The van der Waals surface area contributed by atoms with Gasteiger partial charge in [0.05, 0.1) is 19.4 Å². The molecule has 1 fully saturated rings. The van der Waals surface area contributed by atoms with Crippen molar-refractivity contribution in [3.63, 3.8) is 0 Å². The molecule has 1 aromatic carbocycles. The Morgan fingerprint density at radius 3 is 2.72 bits per heavy atom. The van der Waals surface area contributed by atoms with Gasteiger partial charge in [-0.3, -0.25) is 9.67 Å². The van der Waals surface area contributed by atoms with E-state index in [1.54, 1.807) is 14.2 Å². The molecule has 0 atom stereocenters. The van der Waals surface area contributed by atoms with Crippen molar-refractivity contribution in [2.45, 2.75) is 44.9 Å². The Labute approximate surface area is 190 Å². The number of nitrogens with one attached hydrogen (secondary N) is 1. The smallest absolute Gasteiger partial charge is 0.193 e. The maximum absolute atomic E-state index is 6.29. The van der Waals surface area contributed by atoms with Gasteiger partial charge in [0.25, 0.3) is 0 Å². The first-order valence-electron chi connectivity index (χ1n) is 9.82. The first-order valence-corrected chi connectivity index (χ1v) is 9.82. The molecule has 1 aromatic heterocycles. The maximum atomic E-state index is 6.29. The molecule has 29 heavy (non-hydrogen) atoms. The van der Waals surface area contributed by atoms with E-state index in [2.05, 4.69) is 26.4 Å². The Bertz CT molecular complexity index is 802. The van der Waals surface area contributed by atoms with Crippen LogP contribution in [0, 0.1) is 0 Å². The number of methoxy groups -OCH3 is 1. The Kier molecular flexibility index (Phi) is 9.06. The minimum Gasteiger partial charge on any atom is -0.497 e. The number of rotatable bonds is 7. The summed E-state index contributed by atoms with van der Waals surface area (Å²) >= 11 is 0. The molecule has 3 rings (SSSR count). The summed E-state index contributed by atoms with van der Waals surface area (Å²) in [5.41, 5.74) is 2.24. The normalized spacial score (nSPS) is 14.4. The number of nitrogens with zero attached hydrogens (tertiary/aromatic N) is 4. The van der Waals surface area contributed by atoms with Crippen molar-refractivity contribution in [3.8, 4) is 11.5 Å². The molecule has 1 saturated carbocycles. The molecule has 2 aromatic rings. The maximum Gasteiger partial charge on any atom is 0.193 e. The van der Waals surface area contributed by atoms with Crippen LogP contribution in [0.25, 0.3) is 0 Å². The summed E-state index contributed by atoms with van der Waals surface area (Å²) in [6.45, 7) is 1.37. The van der Waals surface area contributed by atoms with Crippen molar-refractivity contribution < 1.29 is 9.47 Å². The van der Waals surface area contributed by atoms with Gasteiger partial charge in [-0.2, -0.15) is 5.10 Å². The van der Waals surface area contributed by atoms with Crippen LogP contribution in [0.4, 0.5) is 0 Å². The highest BCUT2D eigenvalue weighted by Gasteiger charge is 2.19. The molecule has 0 unspecified atom stereocenters. The van der Waals surface area contributed by atoms with Crippen molar-refractivity contribution in [1.82, 2.24) is 20.0 Å². The van der Waals surface area contributed by atoms with E-state index >= 15 is 0 Å². The summed E-state index contributed by atoms with van der Waals surface area (Å²) in [6, 6.07) is 6.02. The average Bonchev–Trinajstić information content (AvgIpc) is 3.34. The van der Waals surface area contributed by atoms with Gasteiger partial charge in [-0.25, -0.2) is 0 Å². The van der Waals surface area contributed by atoms with E-state index in [4.69, 9.17) is 9.47 Å². The van der Waals surface area contributed by atoms with E-state index in [-0.39, 0.29) is 24.0 Å². The van der Waals surface area contributed by atoms with E-state index < -0.39 is 0 Å². The van der Waals surface area contributed by atoms with Crippen molar-refractivity contribution in [1.29, 1.82) is 0 Å². The summed E-state index contributed by atoms with van der Waals surface area (Å²) in [4.78, 5) is 6.49. The van der Waals surface area contributed by atoms with Crippen LogP contribution in [-0.4, -0.2) is 47.9 Å². The van der Waals surface area contributed by atoms with Crippen LogP contribution in [0.1, 0.15) is 36.8 Å². The Balaban J connectivity index is 0.00000300. The van der Waals surface area contributed by atoms with Gasteiger partial charge in [0, 0.05) is 57.6 Å². The molecular formula is C21H32IN5O2. The summed E-state index contributed by atoms with van der Waals surface area (Å²) in [5, 5.41) is 7.67. The number of aliphatic imine (C=N–C) groups is 1. The fourth-order valence-corrected chi connectivity index (χ4v) is 3.56. The second kappa shape index (κ2) is 11.3. The Hall–Kier alpha value is -1.97. The fraction of sp³-hybridized carbons (Fsp3) is 0.524. The van der Waals surface area contributed by atoms with Gasteiger partial charge in [0.2, 0.25) is 0 Å². The number of hydrogen-bond acceptors (Lipinski definition) is 4. The first-order chi connectivity index (χ1) is 13.6. The molecular weight excluding hydrogens is 481 g/mol. The zero-order valence-electron chi connectivity index (χ0n) is 17.7. The lowest BCUT2D eigenvalue weighted by Gasteiger charge is -2.23. The van der Waals surface area contributed by atoms with E-state index in [0.717, 1.165) is 48.0 Å². The van der Waals surface area contributed by atoms with Gasteiger partial charge in [0.15, 0.2) is 5.96 Å². The molecule has 7 nitrogen and oxygen atoms in total. The van der Waals surface area contributed by atoms with Crippen molar-refractivity contribution in [3.05, 3.63) is 41.7 Å². The van der Waals surface area contributed by atoms with Gasteiger partial charge in [-0.1, -0.05) is 0 Å². The van der Waals surface area contributed by atoms with E-state index in [1.807, 2.05) is 43.3 Å². The number of halogens is 1. The van der Waals surface area contributed by atoms with Crippen LogP contribution >= 0.6 is 24.0 Å². The highest BCUT2D eigenvalue weighted by atomic mass is 127. The number of aromatic nitrogens is 2. The van der Waals surface area contributed by atoms with Crippen LogP contribution in [0.15, 0.2) is 35.6 Å². The van der Waals surface area contributed by atoms with Crippen LogP contribution in [0.3, 0.4) is 0 Å². The van der Waals surface area contributed by atoms with Gasteiger partial charge < -0.3 is 19.7 Å². The fourth-order valence-electron chi connectivity index (χ4n) is 3.56. The predicted molar refractivity (Wildman–Crippen MR) is 126 cm³/mol. The van der Waals surface area contributed by atoms with E-state index in [9.17, 15) is 0 Å². The van der Waals surface area contributed by atoms with Gasteiger partial charge in [-0.15, -0.1) is 24.0 Å². The van der Waals surface area contributed by atoms with Crippen molar-refractivity contribution >= 4 is 29.9 Å². The van der Waals surface area contributed by atoms with Crippen molar-refractivity contribution in [2.24, 2.45) is 12.0 Å². The molecule has 160 valence electrons. The largest absolute Gasteiger partial charge is 0.497 e. The molecule has 0 spiro atoms. The highest BCUT2D eigenvalue weighted by molar-refractivity contribution is 14.0. The summed E-state index contributed by atoms with van der Waals surface area (Å²) < 4.78 is 13.5. The third-order valence-corrected chi connectivity index (χ3v) is 5.06. The summed E-state index contributed by atoms with van der Waals surface area (Å²) in [5.74, 6) is 2.53. The zero-order valence-corrected chi connectivity index (χ0v) is 20.1. The van der Waals surface area contributed by atoms with Crippen LogP contribution in [0.2, 0.25) is 0 Å². The molecule has 0 radical (unpaired) electrons. The lowest BCUT2D eigenvalue weighted by molar-refractivity contribution is 0.207. The summed E-state index contributed by atoms with van der Waals surface area (Å²) in [6.07, 6.45) is 8.93. The predicted octanol–water partition coefficient (Wildman–Crippen LogP) is 3.58. The Morgan fingerprint density at radius 1 is 1.34 bits per heavy atom. The van der Waals surface area contributed by atoms with Gasteiger partial charge in [-0.05, 0) is 37.8 Å².